The summed E-state index contributed by atoms with van der Waals surface area (Å²) < 4.78 is 5.81. The third kappa shape index (κ3) is 3.97. The number of aliphatic hydroxyl groups is 1. The number of phenols is 1. The van der Waals surface area contributed by atoms with Crippen molar-refractivity contribution in [2.75, 3.05) is 7.11 Å². The van der Waals surface area contributed by atoms with Crippen LogP contribution in [0.3, 0.4) is 0 Å². The molecule has 0 spiro atoms. The number of carbonyl (C=O) groups excluding carboxylic acids is 2. The van der Waals surface area contributed by atoms with E-state index in [0.717, 1.165) is 5.56 Å². The van der Waals surface area contributed by atoms with Gasteiger partial charge in [0.25, 0.3) is 11.7 Å². The van der Waals surface area contributed by atoms with Crippen molar-refractivity contribution in [3.8, 4) is 11.5 Å². The fourth-order valence-electron chi connectivity index (χ4n) is 3.74. The first-order chi connectivity index (χ1) is 15.4. The zero-order chi connectivity index (χ0) is 22.8. The number of methoxy groups -OCH3 is 1. The molecule has 0 aliphatic carbocycles. The number of aliphatic hydroxyl groups excluding tert-OH is 1. The van der Waals surface area contributed by atoms with Gasteiger partial charge in [-0.05, 0) is 69.5 Å². The van der Waals surface area contributed by atoms with Crippen molar-refractivity contribution in [1.29, 1.82) is 0 Å². The Morgan fingerprint density at radius 1 is 1.12 bits per heavy atom. The predicted octanol–water partition coefficient (Wildman–Crippen LogP) is 4.18. The number of phenolic OH excluding ortho intramolecular Hbond substituents is 1. The molecule has 1 aliphatic heterocycles. The smallest absolute Gasteiger partial charge is 0.295 e. The Bertz CT molecular complexity index is 1230. The number of amides is 1. The standard InChI is InChI=1S/C24H19BrN2O5/c1-32-19-6-5-16(12-18(19)25)22(29)20-21(15-3-2-4-17(28)11-15)27(24(31)23(20)30)13-14-7-9-26-10-8-14/h2-12,21,28-29H,13H2,1H3/b22-20-. The Hall–Kier alpha value is -3.65. The lowest BCUT2D eigenvalue weighted by Gasteiger charge is -2.25. The van der Waals surface area contributed by atoms with E-state index in [1.165, 1.54) is 24.1 Å². The number of rotatable bonds is 5. The summed E-state index contributed by atoms with van der Waals surface area (Å²) in [5.74, 6) is -1.29. The van der Waals surface area contributed by atoms with Crippen LogP contribution in [-0.2, 0) is 16.1 Å². The molecule has 2 N–H and O–H groups in total. The number of hydrogen-bond donors (Lipinski definition) is 2. The van der Waals surface area contributed by atoms with E-state index in [1.54, 1.807) is 54.9 Å². The Kier molecular flexibility index (Phi) is 5.96. The molecule has 1 aliphatic rings. The maximum absolute atomic E-state index is 13.1. The van der Waals surface area contributed by atoms with Crippen molar-refractivity contribution in [1.82, 2.24) is 9.88 Å². The van der Waals surface area contributed by atoms with Crippen LogP contribution in [0.15, 0.2) is 77.0 Å². The molecular formula is C24H19BrN2O5. The zero-order valence-electron chi connectivity index (χ0n) is 17.0. The van der Waals surface area contributed by atoms with Crippen LogP contribution in [0.2, 0.25) is 0 Å². The topological polar surface area (TPSA) is 100.0 Å². The molecule has 1 saturated heterocycles. The second-order valence-corrected chi connectivity index (χ2v) is 8.08. The third-order valence-electron chi connectivity index (χ3n) is 5.25. The van der Waals surface area contributed by atoms with Gasteiger partial charge < -0.3 is 19.8 Å². The van der Waals surface area contributed by atoms with Gasteiger partial charge in [-0.2, -0.15) is 0 Å². The van der Waals surface area contributed by atoms with Gasteiger partial charge in [-0.25, -0.2) is 0 Å². The van der Waals surface area contributed by atoms with E-state index >= 15 is 0 Å². The number of Topliss-reactive ketones (excluding diaryl/α,β-unsaturated/α-hetero) is 1. The molecule has 162 valence electrons. The van der Waals surface area contributed by atoms with Crippen LogP contribution < -0.4 is 4.74 Å². The normalized spacial score (nSPS) is 17.6. The number of hydrogen-bond acceptors (Lipinski definition) is 6. The van der Waals surface area contributed by atoms with Crippen molar-refractivity contribution in [3.05, 3.63) is 93.7 Å². The molecule has 0 bridgehead atoms. The molecule has 32 heavy (non-hydrogen) atoms. The van der Waals surface area contributed by atoms with E-state index in [-0.39, 0.29) is 23.6 Å². The summed E-state index contributed by atoms with van der Waals surface area (Å²) in [5.41, 5.74) is 1.59. The summed E-state index contributed by atoms with van der Waals surface area (Å²) >= 11 is 3.38. The van der Waals surface area contributed by atoms with Crippen LogP contribution in [0, 0.1) is 0 Å². The molecule has 7 nitrogen and oxygen atoms in total. The van der Waals surface area contributed by atoms with Crippen molar-refractivity contribution in [2.45, 2.75) is 12.6 Å². The number of halogens is 1. The molecule has 3 aromatic rings. The maximum Gasteiger partial charge on any atom is 0.295 e. The molecule has 1 aromatic heterocycles. The van der Waals surface area contributed by atoms with E-state index < -0.39 is 17.7 Å². The summed E-state index contributed by atoms with van der Waals surface area (Å²) in [5, 5.41) is 21.1. The molecule has 1 amide bonds. The lowest BCUT2D eigenvalue weighted by atomic mass is 9.95. The molecule has 8 heteroatoms. The third-order valence-corrected chi connectivity index (χ3v) is 5.87. The average Bonchev–Trinajstić information content (AvgIpc) is 3.04. The molecule has 1 fully saturated rings. The number of aromatic nitrogens is 1. The number of ether oxygens (including phenoxy) is 1. The van der Waals surface area contributed by atoms with Gasteiger partial charge in [0.2, 0.25) is 0 Å². The molecule has 2 heterocycles. The number of ketones is 1. The van der Waals surface area contributed by atoms with Gasteiger partial charge in [0.1, 0.15) is 17.3 Å². The lowest BCUT2D eigenvalue weighted by molar-refractivity contribution is -0.140. The molecule has 1 unspecified atom stereocenters. The summed E-state index contributed by atoms with van der Waals surface area (Å²) in [6.45, 7) is 0.135. The summed E-state index contributed by atoms with van der Waals surface area (Å²) in [4.78, 5) is 31.5. The van der Waals surface area contributed by atoms with E-state index in [1.807, 2.05) is 0 Å². The summed E-state index contributed by atoms with van der Waals surface area (Å²) in [7, 11) is 1.52. The highest BCUT2D eigenvalue weighted by Crippen LogP contribution is 2.41. The van der Waals surface area contributed by atoms with Crippen molar-refractivity contribution < 1.29 is 24.5 Å². The first-order valence-corrected chi connectivity index (χ1v) is 10.5. The summed E-state index contributed by atoms with van der Waals surface area (Å²) in [6, 6.07) is 13.8. The van der Waals surface area contributed by atoms with Crippen molar-refractivity contribution >= 4 is 33.4 Å². The van der Waals surface area contributed by atoms with E-state index in [2.05, 4.69) is 20.9 Å². The Morgan fingerprint density at radius 3 is 2.53 bits per heavy atom. The number of nitrogens with zero attached hydrogens (tertiary/aromatic N) is 2. The zero-order valence-corrected chi connectivity index (χ0v) is 18.6. The van der Waals surface area contributed by atoms with Crippen LogP contribution in [0.5, 0.6) is 11.5 Å². The van der Waals surface area contributed by atoms with Crippen LogP contribution in [0.1, 0.15) is 22.7 Å². The first-order valence-electron chi connectivity index (χ1n) is 9.71. The number of carbonyl (C=O) groups is 2. The Labute approximate surface area is 192 Å². The predicted molar refractivity (Wildman–Crippen MR) is 121 cm³/mol. The van der Waals surface area contributed by atoms with Crippen LogP contribution in [-0.4, -0.2) is 38.9 Å². The van der Waals surface area contributed by atoms with Crippen molar-refractivity contribution in [3.63, 3.8) is 0 Å². The number of benzene rings is 2. The number of likely N-dealkylation sites (tertiary alicyclic amines) is 1. The van der Waals surface area contributed by atoms with E-state index in [4.69, 9.17) is 4.74 Å². The van der Waals surface area contributed by atoms with Gasteiger partial charge in [-0.3, -0.25) is 14.6 Å². The van der Waals surface area contributed by atoms with Crippen LogP contribution in [0.25, 0.3) is 5.76 Å². The molecule has 0 saturated carbocycles. The van der Waals surface area contributed by atoms with Gasteiger partial charge in [0.05, 0.1) is 23.2 Å². The van der Waals surface area contributed by atoms with E-state index in [9.17, 15) is 19.8 Å². The first kappa shape index (κ1) is 21.6. The molecule has 0 radical (unpaired) electrons. The number of pyridine rings is 1. The lowest BCUT2D eigenvalue weighted by Crippen LogP contribution is -2.29. The molecule has 4 rings (SSSR count). The van der Waals surface area contributed by atoms with E-state index in [0.29, 0.717) is 21.3 Å². The maximum atomic E-state index is 13.1. The molecular weight excluding hydrogens is 476 g/mol. The van der Waals surface area contributed by atoms with Crippen LogP contribution >= 0.6 is 15.9 Å². The molecule has 1 atom stereocenters. The van der Waals surface area contributed by atoms with Gasteiger partial charge in [0.15, 0.2) is 0 Å². The largest absolute Gasteiger partial charge is 0.508 e. The highest BCUT2D eigenvalue weighted by molar-refractivity contribution is 9.10. The molecule has 2 aromatic carbocycles. The minimum Gasteiger partial charge on any atom is -0.508 e. The second kappa shape index (κ2) is 8.84. The van der Waals surface area contributed by atoms with Gasteiger partial charge >= 0.3 is 0 Å². The van der Waals surface area contributed by atoms with Gasteiger partial charge in [-0.1, -0.05) is 12.1 Å². The fraction of sp³-hybridized carbons (Fsp3) is 0.125. The average molecular weight is 495 g/mol. The fourth-order valence-corrected chi connectivity index (χ4v) is 4.28. The minimum absolute atomic E-state index is 0.0100. The Balaban J connectivity index is 1.87. The number of aromatic hydroxyl groups is 1. The quantitative estimate of drug-likeness (QED) is 0.313. The highest BCUT2D eigenvalue weighted by atomic mass is 79.9. The van der Waals surface area contributed by atoms with Gasteiger partial charge in [-0.15, -0.1) is 0 Å². The highest BCUT2D eigenvalue weighted by Gasteiger charge is 2.46. The Morgan fingerprint density at radius 2 is 1.88 bits per heavy atom. The monoisotopic (exact) mass is 494 g/mol. The minimum atomic E-state index is -0.879. The van der Waals surface area contributed by atoms with Crippen LogP contribution in [0.4, 0.5) is 0 Å². The SMILES string of the molecule is COc1ccc(/C(O)=C2/C(=O)C(=O)N(Cc3ccncc3)C2c2cccc(O)c2)cc1Br. The van der Waals surface area contributed by atoms with Gasteiger partial charge in [0, 0.05) is 24.5 Å². The second-order valence-electron chi connectivity index (χ2n) is 7.23. The van der Waals surface area contributed by atoms with Crippen molar-refractivity contribution in [2.24, 2.45) is 0 Å². The summed E-state index contributed by atoms with van der Waals surface area (Å²) in [6.07, 6.45) is 3.20.